The molecule has 146 valence electrons. The van der Waals surface area contributed by atoms with Gasteiger partial charge < -0.3 is 9.84 Å². The number of aromatic nitrogens is 3. The topological polar surface area (TPSA) is 84.2 Å². The zero-order valence-electron chi connectivity index (χ0n) is 14.8. The summed E-state index contributed by atoms with van der Waals surface area (Å²) in [6.07, 6.45) is -0.163. The predicted octanol–water partition coefficient (Wildman–Crippen LogP) is 2.81. The fourth-order valence-electron chi connectivity index (χ4n) is 2.92. The Hall–Kier alpha value is -2.49. The lowest BCUT2D eigenvalue weighted by Crippen LogP contribution is -2.40. The molecule has 1 fully saturated rings. The molecule has 0 spiro atoms. The van der Waals surface area contributed by atoms with Gasteiger partial charge in [0.05, 0.1) is 6.54 Å². The monoisotopic (exact) mass is 383 g/mol. The maximum Gasteiger partial charge on any atom is 0.433 e. The van der Waals surface area contributed by atoms with Gasteiger partial charge in [-0.1, -0.05) is 11.6 Å². The van der Waals surface area contributed by atoms with Gasteiger partial charge in [-0.15, -0.1) is 0 Å². The van der Waals surface area contributed by atoms with Crippen LogP contribution in [0.4, 0.5) is 13.2 Å². The first-order valence-electron chi connectivity index (χ1n) is 8.72. The molecule has 0 radical (unpaired) electrons. The maximum atomic E-state index is 12.8. The number of hydrogen-bond donors (Lipinski definition) is 1. The molecule has 2 aromatic rings. The molecule has 10 heteroatoms. The number of likely N-dealkylation sites (tertiary alicyclic amines) is 1. The third-order valence-corrected chi connectivity index (χ3v) is 4.31. The lowest BCUT2D eigenvalue weighted by atomic mass is 10.1. The lowest BCUT2D eigenvalue weighted by Gasteiger charge is -2.26. The van der Waals surface area contributed by atoms with E-state index in [0.717, 1.165) is 38.2 Å². The van der Waals surface area contributed by atoms with Crippen molar-refractivity contribution in [2.75, 3.05) is 19.6 Å². The summed E-state index contributed by atoms with van der Waals surface area (Å²) < 4.78 is 43.4. The minimum atomic E-state index is -4.56. The minimum absolute atomic E-state index is 0.00929. The van der Waals surface area contributed by atoms with Crippen LogP contribution in [0.15, 0.2) is 22.9 Å². The van der Waals surface area contributed by atoms with Crippen molar-refractivity contribution in [1.82, 2.24) is 25.3 Å². The average Bonchev–Trinajstić information content (AvgIpc) is 3.12. The van der Waals surface area contributed by atoms with Gasteiger partial charge in [0, 0.05) is 11.8 Å². The SMILES string of the molecule is CC(NC(=O)CN1CCCCC1)c1nc(-c2ccnc(C(F)(F)F)c2)no1. The van der Waals surface area contributed by atoms with Crippen molar-refractivity contribution in [3.05, 3.63) is 29.9 Å². The molecule has 1 aliphatic rings. The zero-order valence-corrected chi connectivity index (χ0v) is 14.8. The number of carbonyl (C=O) groups excluding carboxylic acids is 1. The molecule has 1 saturated heterocycles. The number of rotatable bonds is 5. The van der Waals surface area contributed by atoms with Gasteiger partial charge in [0.15, 0.2) is 0 Å². The Morgan fingerprint density at radius 1 is 1.33 bits per heavy atom. The second-order valence-electron chi connectivity index (χ2n) is 6.51. The Balaban J connectivity index is 1.63. The summed E-state index contributed by atoms with van der Waals surface area (Å²) in [5, 5.41) is 6.49. The highest BCUT2D eigenvalue weighted by molar-refractivity contribution is 5.78. The molecule has 1 atom stereocenters. The number of halogens is 3. The van der Waals surface area contributed by atoms with Crippen molar-refractivity contribution in [3.8, 4) is 11.4 Å². The fraction of sp³-hybridized carbons (Fsp3) is 0.529. The molecule has 0 bridgehead atoms. The van der Waals surface area contributed by atoms with E-state index in [1.54, 1.807) is 6.92 Å². The van der Waals surface area contributed by atoms with Crippen LogP contribution in [-0.4, -0.2) is 45.6 Å². The standard InChI is InChI=1S/C17H20F3N5O2/c1-11(22-14(26)10-25-7-3-2-4-8-25)16-23-15(24-27-16)12-5-6-21-13(9-12)17(18,19)20/h5-6,9,11H,2-4,7-8,10H2,1H3,(H,22,26). The quantitative estimate of drug-likeness (QED) is 0.855. The van der Waals surface area contributed by atoms with Gasteiger partial charge in [0.2, 0.25) is 17.6 Å². The van der Waals surface area contributed by atoms with Crippen molar-refractivity contribution in [2.24, 2.45) is 0 Å². The molecule has 27 heavy (non-hydrogen) atoms. The van der Waals surface area contributed by atoms with Crippen LogP contribution < -0.4 is 5.32 Å². The average molecular weight is 383 g/mol. The van der Waals surface area contributed by atoms with Gasteiger partial charge in [-0.25, -0.2) is 0 Å². The van der Waals surface area contributed by atoms with Crippen LogP contribution in [0.1, 0.15) is 43.8 Å². The van der Waals surface area contributed by atoms with Crippen LogP contribution in [-0.2, 0) is 11.0 Å². The first-order valence-corrected chi connectivity index (χ1v) is 8.72. The summed E-state index contributed by atoms with van der Waals surface area (Å²) in [6, 6.07) is 1.67. The summed E-state index contributed by atoms with van der Waals surface area (Å²) in [5.74, 6) is -0.0233. The van der Waals surface area contributed by atoms with Gasteiger partial charge in [0.1, 0.15) is 11.7 Å². The van der Waals surface area contributed by atoms with E-state index in [1.807, 2.05) is 0 Å². The predicted molar refractivity (Wildman–Crippen MR) is 89.4 cm³/mol. The number of piperidine rings is 1. The molecule has 1 aliphatic heterocycles. The van der Waals surface area contributed by atoms with E-state index < -0.39 is 17.9 Å². The number of amides is 1. The first-order chi connectivity index (χ1) is 12.8. The normalized spacial score (nSPS) is 16.9. The van der Waals surface area contributed by atoms with Crippen molar-refractivity contribution >= 4 is 5.91 Å². The van der Waals surface area contributed by atoms with Crippen LogP contribution >= 0.6 is 0 Å². The number of carbonyl (C=O) groups is 1. The molecule has 1 amide bonds. The first kappa shape index (κ1) is 19.3. The Morgan fingerprint density at radius 2 is 2.07 bits per heavy atom. The van der Waals surface area contributed by atoms with E-state index >= 15 is 0 Å². The van der Waals surface area contributed by atoms with E-state index in [2.05, 4.69) is 25.3 Å². The van der Waals surface area contributed by atoms with Gasteiger partial charge in [0.25, 0.3) is 0 Å². The largest absolute Gasteiger partial charge is 0.433 e. The van der Waals surface area contributed by atoms with E-state index in [1.165, 1.54) is 12.5 Å². The second kappa shape index (κ2) is 8.03. The molecule has 0 aliphatic carbocycles. The van der Waals surface area contributed by atoms with Crippen LogP contribution in [0.5, 0.6) is 0 Å². The molecular formula is C17H20F3N5O2. The molecule has 7 nitrogen and oxygen atoms in total. The third kappa shape index (κ3) is 5.03. The molecule has 0 saturated carbocycles. The molecule has 1 unspecified atom stereocenters. The van der Waals surface area contributed by atoms with E-state index in [4.69, 9.17) is 4.52 Å². The number of hydrogen-bond acceptors (Lipinski definition) is 6. The summed E-state index contributed by atoms with van der Waals surface area (Å²) in [4.78, 5) is 21.6. The fourth-order valence-corrected chi connectivity index (χ4v) is 2.92. The molecule has 3 heterocycles. The lowest BCUT2D eigenvalue weighted by molar-refractivity contribution is -0.141. The third-order valence-electron chi connectivity index (χ3n) is 4.31. The Kier molecular flexibility index (Phi) is 5.73. The maximum absolute atomic E-state index is 12.8. The van der Waals surface area contributed by atoms with Gasteiger partial charge in [-0.05, 0) is 45.0 Å². The summed E-state index contributed by atoms with van der Waals surface area (Å²) in [5.41, 5.74) is -0.895. The van der Waals surface area contributed by atoms with Crippen LogP contribution in [0.25, 0.3) is 11.4 Å². The van der Waals surface area contributed by atoms with E-state index in [0.29, 0.717) is 6.54 Å². The van der Waals surface area contributed by atoms with E-state index in [-0.39, 0.29) is 23.2 Å². The summed E-state index contributed by atoms with van der Waals surface area (Å²) in [6.45, 7) is 3.77. The number of pyridine rings is 1. The van der Waals surface area contributed by atoms with Gasteiger partial charge >= 0.3 is 6.18 Å². The van der Waals surface area contributed by atoms with Crippen LogP contribution in [0, 0.1) is 0 Å². The molecule has 3 rings (SSSR count). The number of nitrogens with zero attached hydrogens (tertiary/aromatic N) is 4. The highest BCUT2D eigenvalue weighted by atomic mass is 19.4. The smallest absolute Gasteiger partial charge is 0.343 e. The number of alkyl halides is 3. The molecule has 1 N–H and O–H groups in total. The van der Waals surface area contributed by atoms with Crippen molar-refractivity contribution in [1.29, 1.82) is 0 Å². The molecule has 2 aromatic heterocycles. The molecule has 0 aromatic carbocycles. The number of nitrogens with one attached hydrogen (secondary N) is 1. The van der Waals surface area contributed by atoms with Crippen molar-refractivity contribution in [3.63, 3.8) is 0 Å². The van der Waals surface area contributed by atoms with Gasteiger partial charge in [-0.3, -0.25) is 14.7 Å². The Bertz CT molecular complexity index is 787. The highest BCUT2D eigenvalue weighted by Crippen LogP contribution is 2.29. The molecular weight excluding hydrogens is 363 g/mol. The van der Waals surface area contributed by atoms with Crippen molar-refractivity contribution < 1.29 is 22.5 Å². The van der Waals surface area contributed by atoms with Crippen LogP contribution in [0.2, 0.25) is 0 Å². The Morgan fingerprint density at radius 3 is 2.78 bits per heavy atom. The van der Waals surface area contributed by atoms with Crippen molar-refractivity contribution in [2.45, 2.75) is 38.4 Å². The Labute approximate surface area is 154 Å². The minimum Gasteiger partial charge on any atom is -0.343 e. The highest BCUT2D eigenvalue weighted by Gasteiger charge is 2.33. The second-order valence-corrected chi connectivity index (χ2v) is 6.51. The van der Waals surface area contributed by atoms with Gasteiger partial charge in [-0.2, -0.15) is 18.2 Å². The van der Waals surface area contributed by atoms with Crippen LogP contribution in [0.3, 0.4) is 0 Å². The zero-order chi connectivity index (χ0) is 19.4. The summed E-state index contributed by atoms with van der Waals surface area (Å²) in [7, 11) is 0. The van der Waals surface area contributed by atoms with E-state index in [9.17, 15) is 18.0 Å². The summed E-state index contributed by atoms with van der Waals surface area (Å²) >= 11 is 0.